The number of ether oxygens (including phenoxy) is 4. The molecule has 0 aliphatic heterocycles. The van der Waals surface area contributed by atoms with Gasteiger partial charge in [-0.1, -0.05) is 35.9 Å². The molecule has 32 heavy (non-hydrogen) atoms. The molecule has 7 heteroatoms. The quantitative estimate of drug-likeness (QED) is 0.373. The summed E-state index contributed by atoms with van der Waals surface area (Å²) in [6.07, 6.45) is 0. The van der Waals surface area contributed by atoms with E-state index in [0.29, 0.717) is 41.2 Å². The summed E-state index contributed by atoms with van der Waals surface area (Å²) in [4.78, 5) is 0. The molecule has 0 unspecified atom stereocenters. The maximum Gasteiger partial charge on any atom is 0.248 e. The predicted octanol–water partition coefficient (Wildman–Crippen LogP) is 5.32. The summed E-state index contributed by atoms with van der Waals surface area (Å²) < 4.78 is 28.2. The van der Waals surface area contributed by atoms with Gasteiger partial charge in [0.05, 0.1) is 21.3 Å². The van der Waals surface area contributed by atoms with Crippen LogP contribution >= 0.6 is 0 Å². The van der Waals surface area contributed by atoms with Crippen molar-refractivity contribution in [3.63, 3.8) is 0 Å². The van der Waals surface area contributed by atoms with Crippen LogP contribution in [0.15, 0.2) is 65.1 Å². The minimum atomic E-state index is 0.341. The fraction of sp³-hybridized carbons (Fsp3) is 0.200. The fourth-order valence-electron chi connectivity index (χ4n) is 3.30. The van der Waals surface area contributed by atoms with E-state index in [9.17, 15) is 0 Å². The van der Waals surface area contributed by atoms with Crippen LogP contribution in [-0.4, -0.2) is 31.5 Å². The monoisotopic (exact) mass is 432 g/mol. The molecule has 0 aliphatic rings. The molecule has 0 saturated heterocycles. The molecule has 0 spiro atoms. The van der Waals surface area contributed by atoms with Crippen molar-refractivity contribution in [3.8, 4) is 45.9 Å². The Balaban J connectivity index is 1.62. The van der Waals surface area contributed by atoms with E-state index >= 15 is 0 Å². The smallest absolute Gasteiger partial charge is 0.248 e. The molecular weight excluding hydrogens is 408 g/mol. The fourth-order valence-corrected chi connectivity index (χ4v) is 3.30. The topological polar surface area (TPSA) is 75.8 Å². The lowest BCUT2D eigenvalue weighted by molar-refractivity contribution is 0.306. The molecule has 0 fully saturated rings. The first-order valence-electron chi connectivity index (χ1n) is 10.0. The molecule has 3 aromatic carbocycles. The summed E-state index contributed by atoms with van der Waals surface area (Å²) in [5.41, 5.74) is 3.59. The third kappa shape index (κ3) is 4.37. The number of methoxy groups -OCH3 is 3. The van der Waals surface area contributed by atoms with Gasteiger partial charge in [-0.3, -0.25) is 0 Å². The summed E-state index contributed by atoms with van der Waals surface area (Å²) in [6.45, 7) is 2.42. The summed E-state index contributed by atoms with van der Waals surface area (Å²) in [7, 11) is 4.68. The predicted molar refractivity (Wildman–Crippen MR) is 120 cm³/mol. The Labute approximate surface area is 186 Å². The van der Waals surface area contributed by atoms with Crippen LogP contribution in [0, 0.1) is 6.92 Å². The normalized spacial score (nSPS) is 10.6. The van der Waals surface area contributed by atoms with Crippen LogP contribution in [-0.2, 0) is 6.61 Å². The van der Waals surface area contributed by atoms with Gasteiger partial charge >= 0.3 is 0 Å². The molecule has 7 nitrogen and oxygen atoms in total. The summed E-state index contributed by atoms with van der Waals surface area (Å²) in [5.74, 6) is 3.05. The molecule has 0 aliphatic carbocycles. The van der Waals surface area contributed by atoms with E-state index in [0.717, 1.165) is 16.9 Å². The van der Waals surface area contributed by atoms with Gasteiger partial charge in [-0.25, -0.2) is 0 Å². The first-order chi connectivity index (χ1) is 15.6. The highest BCUT2D eigenvalue weighted by molar-refractivity contribution is 5.67. The third-order valence-electron chi connectivity index (χ3n) is 5.00. The minimum absolute atomic E-state index is 0.341. The van der Waals surface area contributed by atoms with Crippen LogP contribution in [0.25, 0.3) is 22.9 Å². The Hall–Kier alpha value is -4.00. The average molecular weight is 432 g/mol. The van der Waals surface area contributed by atoms with E-state index in [4.69, 9.17) is 23.4 Å². The summed E-state index contributed by atoms with van der Waals surface area (Å²) in [5, 5.41) is 8.49. The highest BCUT2D eigenvalue weighted by atomic mass is 16.5. The van der Waals surface area contributed by atoms with Gasteiger partial charge in [0, 0.05) is 16.7 Å². The van der Waals surface area contributed by atoms with Crippen LogP contribution in [0.5, 0.6) is 23.0 Å². The zero-order valence-corrected chi connectivity index (χ0v) is 18.4. The molecule has 164 valence electrons. The molecule has 0 radical (unpaired) electrons. The van der Waals surface area contributed by atoms with E-state index in [1.54, 1.807) is 33.5 Å². The van der Waals surface area contributed by atoms with Gasteiger partial charge in [0.2, 0.25) is 17.5 Å². The molecule has 4 rings (SSSR count). The second-order valence-corrected chi connectivity index (χ2v) is 7.09. The number of benzene rings is 3. The number of hydrogen-bond donors (Lipinski definition) is 0. The van der Waals surface area contributed by atoms with Crippen molar-refractivity contribution in [1.82, 2.24) is 10.2 Å². The summed E-state index contributed by atoms with van der Waals surface area (Å²) in [6, 6.07) is 19.3. The molecule has 4 aromatic rings. The second kappa shape index (κ2) is 9.43. The zero-order chi connectivity index (χ0) is 22.5. The van der Waals surface area contributed by atoms with Crippen LogP contribution in [0.1, 0.15) is 11.1 Å². The lowest BCUT2D eigenvalue weighted by Crippen LogP contribution is -1.98. The lowest BCUT2D eigenvalue weighted by Gasteiger charge is -2.12. The molecule has 0 N–H and O–H groups in total. The van der Waals surface area contributed by atoms with Crippen molar-refractivity contribution in [2.24, 2.45) is 0 Å². The Kier molecular flexibility index (Phi) is 6.26. The second-order valence-electron chi connectivity index (χ2n) is 7.09. The van der Waals surface area contributed by atoms with Crippen LogP contribution in [0.4, 0.5) is 0 Å². The Morgan fingerprint density at radius 3 is 2.09 bits per heavy atom. The third-order valence-corrected chi connectivity index (χ3v) is 5.00. The van der Waals surface area contributed by atoms with Gasteiger partial charge in [0.25, 0.3) is 0 Å². The van der Waals surface area contributed by atoms with E-state index in [-0.39, 0.29) is 0 Å². The van der Waals surface area contributed by atoms with Gasteiger partial charge in [-0.2, -0.15) is 0 Å². The number of nitrogens with zero attached hydrogens (tertiary/aromatic N) is 2. The van der Waals surface area contributed by atoms with Crippen molar-refractivity contribution < 1.29 is 23.4 Å². The van der Waals surface area contributed by atoms with E-state index in [2.05, 4.69) is 10.2 Å². The maximum absolute atomic E-state index is 6.01. The van der Waals surface area contributed by atoms with Gasteiger partial charge < -0.3 is 23.4 Å². The highest BCUT2D eigenvalue weighted by Crippen LogP contribution is 2.41. The van der Waals surface area contributed by atoms with Crippen molar-refractivity contribution >= 4 is 0 Å². The van der Waals surface area contributed by atoms with Crippen molar-refractivity contribution in [2.45, 2.75) is 13.5 Å². The number of aromatic nitrogens is 2. The highest BCUT2D eigenvalue weighted by Gasteiger charge is 2.19. The SMILES string of the molecule is COc1cc(-c2nnc(-c3ccccc3COc3ccc(C)cc3)o2)cc(OC)c1OC. The molecule has 0 amide bonds. The molecule has 0 saturated carbocycles. The van der Waals surface area contributed by atoms with E-state index in [1.165, 1.54) is 5.56 Å². The van der Waals surface area contributed by atoms with Crippen molar-refractivity contribution in [2.75, 3.05) is 21.3 Å². The van der Waals surface area contributed by atoms with Crippen LogP contribution in [0.3, 0.4) is 0 Å². The van der Waals surface area contributed by atoms with Crippen molar-refractivity contribution in [3.05, 3.63) is 71.8 Å². The minimum Gasteiger partial charge on any atom is -0.493 e. The lowest BCUT2D eigenvalue weighted by atomic mass is 10.1. The largest absolute Gasteiger partial charge is 0.493 e. The van der Waals surface area contributed by atoms with Gasteiger partial charge in [-0.05, 0) is 37.3 Å². The van der Waals surface area contributed by atoms with Gasteiger partial charge in [0.1, 0.15) is 12.4 Å². The Bertz CT molecular complexity index is 1180. The van der Waals surface area contributed by atoms with Crippen LogP contribution < -0.4 is 18.9 Å². The first kappa shape index (κ1) is 21.2. The van der Waals surface area contributed by atoms with E-state index in [1.807, 2.05) is 55.5 Å². The van der Waals surface area contributed by atoms with E-state index < -0.39 is 0 Å². The molecule has 1 aromatic heterocycles. The maximum atomic E-state index is 6.01. The first-order valence-corrected chi connectivity index (χ1v) is 10.0. The zero-order valence-electron chi connectivity index (χ0n) is 18.4. The Morgan fingerprint density at radius 2 is 1.44 bits per heavy atom. The Morgan fingerprint density at radius 1 is 0.781 bits per heavy atom. The van der Waals surface area contributed by atoms with Gasteiger partial charge in [0.15, 0.2) is 11.5 Å². The number of rotatable bonds is 8. The molecular formula is C25H24N2O5. The van der Waals surface area contributed by atoms with Gasteiger partial charge in [-0.15, -0.1) is 10.2 Å². The van der Waals surface area contributed by atoms with Crippen LogP contribution in [0.2, 0.25) is 0 Å². The molecule has 0 bridgehead atoms. The standard InChI is InChI=1S/C25H24N2O5/c1-16-9-11-19(12-10-16)31-15-17-7-5-6-8-20(17)25-27-26-24(32-25)18-13-21(28-2)23(30-4)22(14-18)29-3/h5-14H,15H2,1-4H3. The molecule has 1 heterocycles. The summed E-state index contributed by atoms with van der Waals surface area (Å²) >= 11 is 0. The van der Waals surface area contributed by atoms with Crippen molar-refractivity contribution in [1.29, 1.82) is 0 Å². The molecule has 0 atom stereocenters. The number of hydrogen-bond acceptors (Lipinski definition) is 7. The average Bonchev–Trinajstić information content (AvgIpc) is 3.33. The number of aryl methyl sites for hydroxylation is 1.